The number of amides is 1. The molecule has 2 N–H and O–H groups in total. The molecular formula is C18H24N4O2S2. The van der Waals surface area contributed by atoms with Gasteiger partial charge in [0.05, 0.1) is 12.9 Å². The molecule has 6 nitrogen and oxygen atoms in total. The SMILES string of the molecule is COc1ccc(Nc2nnc(SCC(=O)N[C@H]3CCCC[C@@H]3C)s2)cc1. The average Bonchev–Trinajstić information content (AvgIpc) is 3.10. The van der Waals surface area contributed by atoms with Crippen molar-refractivity contribution in [1.82, 2.24) is 15.5 Å². The number of carbonyl (C=O) groups is 1. The number of ether oxygens (including phenoxy) is 1. The van der Waals surface area contributed by atoms with Gasteiger partial charge in [-0.25, -0.2) is 0 Å². The second-order valence-electron chi connectivity index (χ2n) is 6.45. The lowest BCUT2D eigenvalue weighted by atomic mass is 9.86. The first-order valence-corrected chi connectivity index (χ1v) is 10.6. The predicted molar refractivity (Wildman–Crippen MR) is 106 cm³/mol. The van der Waals surface area contributed by atoms with E-state index in [1.807, 2.05) is 24.3 Å². The molecule has 140 valence electrons. The zero-order valence-corrected chi connectivity index (χ0v) is 16.7. The molecule has 1 aliphatic carbocycles. The third kappa shape index (κ3) is 5.35. The van der Waals surface area contributed by atoms with Gasteiger partial charge in [0.2, 0.25) is 11.0 Å². The summed E-state index contributed by atoms with van der Waals surface area (Å²) in [5.41, 5.74) is 0.919. The Morgan fingerprint density at radius 3 is 2.77 bits per heavy atom. The second kappa shape index (κ2) is 9.23. The van der Waals surface area contributed by atoms with Crippen molar-refractivity contribution in [3.05, 3.63) is 24.3 Å². The van der Waals surface area contributed by atoms with Gasteiger partial charge < -0.3 is 15.4 Å². The van der Waals surface area contributed by atoms with Gasteiger partial charge in [0.1, 0.15) is 5.75 Å². The van der Waals surface area contributed by atoms with E-state index in [0.717, 1.165) is 22.2 Å². The number of carbonyl (C=O) groups excluding carboxylic acids is 1. The molecule has 2 atom stereocenters. The lowest BCUT2D eigenvalue weighted by Crippen LogP contribution is -2.41. The predicted octanol–water partition coefficient (Wildman–Crippen LogP) is 4.08. The molecule has 0 saturated heterocycles. The summed E-state index contributed by atoms with van der Waals surface area (Å²) < 4.78 is 5.93. The maximum Gasteiger partial charge on any atom is 0.230 e. The first-order chi connectivity index (χ1) is 12.6. The fraction of sp³-hybridized carbons (Fsp3) is 0.500. The van der Waals surface area contributed by atoms with Crippen molar-refractivity contribution in [3.8, 4) is 5.75 Å². The van der Waals surface area contributed by atoms with E-state index < -0.39 is 0 Å². The van der Waals surface area contributed by atoms with Crippen LogP contribution >= 0.6 is 23.1 Å². The summed E-state index contributed by atoms with van der Waals surface area (Å²) in [6, 6.07) is 7.93. The van der Waals surface area contributed by atoms with Crippen LogP contribution in [0.1, 0.15) is 32.6 Å². The van der Waals surface area contributed by atoms with Crippen LogP contribution < -0.4 is 15.4 Å². The minimum absolute atomic E-state index is 0.0774. The normalized spacial score (nSPS) is 19.8. The Morgan fingerprint density at radius 2 is 2.04 bits per heavy atom. The number of thioether (sulfide) groups is 1. The summed E-state index contributed by atoms with van der Waals surface area (Å²) in [4.78, 5) is 12.2. The monoisotopic (exact) mass is 392 g/mol. The quantitative estimate of drug-likeness (QED) is 0.692. The van der Waals surface area contributed by atoms with Crippen molar-refractivity contribution in [2.24, 2.45) is 5.92 Å². The Hall–Kier alpha value is -1.80. The number of methoxy groups -OCH3 is 1. The highest BCUT2D eigenvalue weighted by molar-refractivity contribution is 8.01. The third-order valence-corrected chi connectivity index (χ3v) is 6.50. The molecule has 1 aliphatic rings. The molecule has 1 saturated carbocycles. The van der Waals surface area contributed by atoms with Crippen molar-refractivity contribution in [2.75, 3.05) is 18.2 Å². The van der Waals surface area contributed by atoms with Gasteiger partial charge in [-0.15, -0.1) is 10.2 Å². The molecule has 0 unspecified atom stereocenters. The number of hydrogen-bond acceptors (Lipinski definition) is 7. The van der Waals surface area contributed by atoms with Crippen molar-refractivity contribution >= 4 is 39.8 Å². The smallest absolute Gasteiger partial charge is 0.230 e. The van der Waals surface area contributed by atoms with E-state index in [2.05, 4.69) is 27.8 Å². The van der Waals surface area contributed by atoms with Gasteiger partial charge in [-0.3, -0.25) is 4.79 Å². The molecule has 1 fully saturated rings. The van der Waals surface area contributed by atoms with Crippen LogP contribution in [0.15, 0.2) is 28.6 Å². The topological polar surface area (TPSA) is 76.1 Å². The van der Waals surface area contributed by atoms with Gasteiger partial charge in [-0.05, 0) is 43.0 Å². The van der Waals surface area contributed by atoms with Crippen LogP contribution in [0.25, 0.3) is 0 Å². The minimum Gasteiger partial charge on any atom is -0.497 e. The van der Waals surface area contributed by atoms with E-state index in [4.69, 9.17) is 4.74 Å². The summed E-state index contributed by atoms with van der Waals surface area (Å²) in [6.45, 7) is 2.22. The van der Waals surface area contributed by atoms with Crippen molar-refractivity contribution in [2.45, 2.75) is 43.0 Å². The fourth-order valence-corrected chi connectivity index (χ4v) is 4.61. The zero-order valence-electron chi connectivity index (χ0n) is 15.0. The molecule has 3 rings (SSSR count). The highest BCUT2D eigenvalue weighted by Gasteiger charge is 2.22. The minimum atomic E-state index is 0.0774. The number of rotatable bonds is 7. The molecule has 0 radical (unpaired) electrons. The van der Waals surface area contributed by atoms with Gasteiger partial charge in [0, 0.05) is 11.7 Å². The van der Waals surface area contributed by atoms with E-state index in [1.54, 1.807) is 7.11 Å². The molecular weight excluding hydrogens is 368 g/mol. The van der Waals surface area contributed by atoms with Gasteiger partial charge in [0.25, 0.3) is 0 Å². The van der Waals surface area contributed by atoms with Crippen LogP contribution in [0, 0.1) is 5.92 Å². The van der Waals surface area contributed by atoms with E-state index in [-0.39, 0.29) is 5.91 Å². The Kier molecular flexibility index (Phi) is 6.73. The van der Waals surface area contributed by atoms with Gasteiger partial charge in [-0.2, -0.15) is 0 Å². The van der Waals surface area contributed by atoms with Gasteiger partial charge in [0.15, 0.2) is 4.34 Å². The Labute approximate surface area is 162 Å². The van der Waals surface area contributed by atoms with E-state index in [1.165, 1.54) is 42.4 Å². The summed E-state index contributed by atoms with van der Waals surface area (Å²) in [5.74, 6) is 1.83. The number of benzene rings is 1. The molecule has 8 heteroatoms. The summed E-state index contributed by atoms with van der Waals surface area (Å²) in [6.07, 6.45) is 4.78. The van der Waals surface area contributed by atoms with E-state index in [9.17, 15) is 4.79 Å². The lowest BCUT2D eigenvalue weighted by Gasteiger charge is -2.29. The lowest BCUT2D eigenvalue weighted by molar-refractivity contribution is -0.119. The largest absolute Gasteiger partial charge is 0.497 e. The van der Waals surface area contributed by atoms with Crippen LogP contribution in [0.4, 0.5) is 10.8 Å². The maximum absolute atomic E-state index is 12.2. The molecule has 0 bridgehead atoms. The molecule has 2 aromatic rings. The molecule has 1 aromatic heterocycles. The standard InChI is InChI=1S/C18H24N4O2S2/c1-12-5-3-4-6-15(12)20-16(23)11-25-18-22-21-17(26-18)19-13-7-9-14(24-2)10-8-13/h7-10,12,15H,3-6,11H2,1-2H3,(H,19,21)(H,20,23)/t12-,15-/m0/s1. The third-order valence-electron chi connectivity index (χ3n) is 4.53. The molecule has 26 heavy (non-hydrogen) atoms. The van der Waals surface area contributed by atoms with Gasteiger partial charge in [-0.1, -0.05) is 42.9 Å². The van der Waals surface area contributed by atoms with Crippen LogP contribution in [-0.2, 0) is 4.79 Å². The number of aromatic nitrogens is 2. The number of hydrogen-bond donors (Lipinski definition) is 2. The first-order valence-electron chi connectivity index (χ1n) is 8.81. The van der Waals surface area contributed by atoms with Crippen LogP contribution in [0.3, 0.4) is 0 Å². The van der Waals surface area contributed by atoms with Gasteiger partial charge >= 0.3 is 0 Å². The summed E-state index contributed by atoms with van der Waals surface area (Å²) in [5, 5.41) is 15.4. The number of nitrogens with one attached hydrogen (secondary N) is 2. The summed E-state index contributed by atoms with van der Waals surface area (Å²) >= 11 is 2.87. The van der Waals surface area contributed by atoms with Crippen molar-refractivity contribution in [1.29, 1.82) is 0 Å². The average molecular weight is 393 g/mol. The number of anilines is 2. The van der Waals surface area contributed by atoms with E-state index >= 15 is 0 Å². The number of nitrogens with zero attached hydrogens (tertiary/aromatic N) is 2. The van der Waals surface area contributed by atoms with Crippen molar-refractivity contribution < 1.29 is 9.53 Å². The molecule has 1 heterocycles. The maximum atomic E-state index is 12.2. The second-order valence-corrected chi connectivity index (χ2v) is 8.65. The Morgan fingerprint density at radius 1 is 1.27 bits per heavy atom. The van der Waals surface area contributed by atoms with Crippen LogP contribution in [-0.4, -0.2) is 35.0 Å². The van der Waals surface area contributed by atoms with E-state index in [0.29, 0.717) is 22.8 Å². The summed E-state index contributed by atoms with van der Waals surface area (Å²) in [7, 11) is 1.64. The van der Waals surface area contributed by atoms with Crippen molar-refractivity contribution in [3.63, 3.8) is 0 Å². The first kappa shape index (κ1) is 19.0. The van der Waals surface area contributed by atoms with Crippen LogP contribution in [0.5, 0.6) is 5.75 Å². The molecule has 1 aromatic carbocycles. The highest BCUT2D eigenvalue weighted by Crippen LogP contribution is 2.28. The van der Waals surface area contributed by atoms with Crippen LogP contribution in [0.2, 0.25) is 0 Å². The Bertz CT molecular complexity index is 720. The zero-order chi connectivity index (χ0) is 18.4. The Balaban J connectivity index is 1.46. The molecule has 1 amide bonds. The molecule has 0 spiro atoms. The highest BCUT2D eigenvalue weighted by atomic mass is 32.2. The molecule has 0 aliphatic heterocycles. The fourth-order valence-electron chi connectivity index (χ4n) is 3.02.